The van der Waals surface area contributed by atoms with Crippen molar-refractivity contribution >= 4 is 0 Å². The molecule has 0 radical (unpaired) electrons. The van der Waals surface area contributed by atoms with Gasteiger partial charge in [0.1, 0.15) is 0 Å². The van der Waals surface area contributed by atoms with Gasteiger partial charge in [0.05, 0.1) is 0 Å². The molecule has 16 heavy (non-hydrogen) atoms. The Morgan fingerprint density at radius 2 is 2.06 bits per heavy atom. The molecule has 0 bridgehead atoms. The molecular formula is C14H30N2. The maximum absolute atomic E-state index is 5.77. The van der Waals surface area contributed by atoms with Crippen LogP contribution >= 0.6 is 0 Å². The number of nitrogens with two attached hydrogens (primary N) is 1. The third kappa shape index (κ3) is 4.84. The average Bonchev–Trinajstić information content (AvgIpc) is 2.24. The normalized spacial score (nSPS) is 28.3. The maximum Gasteiger partial charge on any atom is -0.000589 e. The highest BCUT2D eigenvalue weighted by molar-refractivity contribution is 4.74. The van der Waals surface area contributed by atoms with Gasteiger partial charge in [-0.3, -0.25) is 0 Å². The van der Waals surface area contributed by atoms with Crippen LogP contribution in [0.2, 0.25) is 0 Å². The molecule has 0 spiro atoms. The minimum Gasteiger partial charge on any atom is -0.330 e. The van der Waals surface area contributed by atoms with Crippen LogP contribution in [0.3, 0.4) is 0 Å². The smallest absolute Gasteiger partial charge is 0.000589 e. The fourth-order valence-electron chi connectivity index (χ4n) is 2.81. The lowest BCUT2D eigenvalue weighted by Gasteiger charge is -2.28. The van der Waals surface area contributed by atoms with E-state index >= 15 is 0 Å². The van der Waals surface area contributed by atoms with Crippen LogP contribution in [0, 0.1) is 23.7 Å². The molecule has 0 aliphatic heterocycles. The lowest BCUT2D eigenvalue weighted by molar-refractivity contribution is 0.265. The number of hydrogen-bond donors (Lipinski definition) is 2. The van der Waals surface area contributed by atoms with Crippen LogP contribution in [0.25, 0.3) is 0 Å². The SMILES string of the molecule is CC1CCCC(CNCC(CN)C(C)C)C1. The Hall–Kier alpha value is -0.0800. The monoisotopic (exact) mass is 226 g/mol. The van der Waals surface area contributed by atoms with Gasteiger partial charge in [-0.15, -0.1) is 0 Å². The van der Waals surface area contributed by atoms with E-state index in [9.17, 15) is 0 Å². The Bertz CT molecular complexity index is 180. The van der Waals surface area contributed by atoms with E-state index in [-0.39, 0.29) is 0 Å². The molecule has 1 aliphatic rings. The summed E-state index contributed by atoms with van der Waals surface area (Å²) in [6.07, 6.45) is 5.71. The molecule has 3 atom stereocenters. The molecule has 1 saturated carbocycles. The molecule has 3 N–H and O–H groups in total. The van der Waals surface area contributed by atoms with Crippen LogP contribution in [0.15, 0.2) is 0 Å². The average molecular weight is 226 g/mol. The zero-order valence-corrected chi connectivity index (χ0v) is 11.3. The maximum atomic E-state index is 5.77. The molecule has 2 heteroatoms. The van der Waals surface area contributed by atoms with Crippen molar-refractivity contribution in [2.45, 2.75) is 46.5 Å². The molecule has 0 aromatic carbocycles. The summed E-state index contributed by atoms with van der Waals surface area (Å²) < 4.78 is 0. The zero-order valence-electron chi connectivity index (χ0n) is 11.3. The molecule has 0 saturated heterocycles. The first-order valence-electron chi connectivity index (χ1n) is 7.04. The molecule has 3 unspecified atom stereocenters. The van der Waals surface area contributed by atoms with Gasteiger partial charge in [0.15, 0.2) is 0 Å². The first kappa shape index (κ1) is 14.0. The summed E-state index contributed by atoms with van der Waals surface area (Å²) in [7, 11) is 0. The van der Waals surface area contributed by atoms with Crippen molar-refractivity contribution in [3.8, 4) is 0 Å². The summed E-state index contributed by atoms with van der Waals surface area (Å²) in [6.45, 7) is 10.0. The Morgan fingerprint density at radius 3 is 2.62 bits per heavy atom. The van der Waals surface area contributed by atoms with Gasteiger partial charge in [0.25, 0.3) is 0 Å². The largest absolute Gasteiger partial charge is 0.330 e. The molecule has 2 nitrogen and oxygen atoms in total. The van der Waals surface area contributed by atoms with Crippen LogP contribution < -0.4 is 11.1 Å². The van der Waals surface area contributed by atoms with Gasteiger partial charge in [-0.05, 0) is 56.1 Å². The summed E-state index contributed by atoms with van der Waals surface area (Å²) in [5.74, 6) is 3.19. The van der Waals surface area contributed by atoms with Crippen molar-refractivity contribution in [2.75, 3.05) is 19.6 Å². The van der Waals surface area contributed by atoms with E-state index in [4.69, 9.17) is 5.73 Å². The molecular weight excluding hydrogens is 196 g/mol. The lowest BCUT2D eigenvalue weighted by atomic mass is 9.82. The summed E-state index contributed by atoms with van der Waals surface area (Å²) in [5, 5.41) is 3.63. The van der Waals surface area contributed by atoms with Crippen LogP contribution in [-0.4, -0.2) is 19.6 Å². The third-order valence-corrected chi connectivity index (χ3v) is 4.13. The third-order valence-electron chi connectivity index (χ3n) is 4.13. The molecule has 1 fully saturated rings. The van der Waals surface area contributed by atoms with Crippen molar-refractivity contribution in [2.24, 2.45) is 29.4 Å². The van der Waals surface area contributed by atoms with E-state index in [0.29, 0.717) is 11.8 Å². The Kier molecular flexibility index (Phi) is 6.37. The fraction of sp³-hybridized carbons (Fsp3) is 1.00. The first-order chi connectivity index (χ1) is 7.63. The first-order valence-corrected chi connectivity index (χ1v) is 7.04. The summed E-state index contributed by atoms with van der Waals surface area (Å²) >= 11 is 0. The van der Waals surface area contributed by atoms with E-state index in [1.54, 1.807) is 0 Å². The minimum atomic E-state index is 0.640. The molecule has 1 aliphatic carbocycles. The van der Waals surface area contributed by atoms with E-state index in [1.807, 2.05) is 0 Å². The Morgan fingerprint density at radius 1 is 1.31 bits per heavy atom. The van der Waals surface area contributed by atoms with Gasteiger partial charge in [0, 0.05) is 0 Å². The van der Waals surface area contributed by atoms with Crippen molar-refractivity contribution < 1.29 is 0 Å². The second-order valence-corrected chi connectivity index (χ2v) is 6.04. The van der Waals surface area contributed by atoms with E-state index in [1.165, 1.54) is 32.2 Å². The lowest BCUT2D eigenvalue weighted by Crippen LogP contribution is -2.35. The second kappa shape index (κ2) is 7.29. The number of rotatable bonds is 6. The summed E-state index contributed by atoms with van der Waals surface area (Å²) in [6, 6.07) is 0. The standard InChI is InChI=1S/C14H30N2/c1-11(2)14(8-15)10-16-9-13-6-4-5-12(3)7-13/h11-14,16H,4-10,15H2,1-3H3. The minimum absolute atomic E-state index is 0.640. The summed E-state index contributed by atoms with van der Waals surface area (Å²) in [4.78, 5) is 0. The zero-order chi connectivity index (χ0) is 12.0. The predicted octanol–water partition coefficient (Wildman–Crippen LogP) is 2.63. The molecule has 0 amide bonds. The molecule has 0 heterocycles. The van der Waals surface area contributed by atoms with Crippen LogP contribution in [0.4, 0.5) is 0 Å². The second-order valence-electron chi connectivity index (χ2n) is 6.04. The number of hydrogen-bond acceptors (Lipinski definition) is 2. The van der Waals surface area contributed by atoms with E-state index < -0.39 is 0 Å². The van der Waals surface area contributed by atoms with Gasteiger partial charge in [-0.1, -0.05) is 33.6 Å². The van der Waals surface area contributed by atoms with Gasteiger partial charge in [-0.2, -0.15) is 0 Å². The van der Waals surface area contributed by atoms with Crippen molar-refractivity contribution in [1.29, 1.82) is 0 Å². The van der Waals surface area contributed by atoms with Crippen molar-refractivity contribution in [3.05, 3.63) is 0 Å². The predicted molar refractivity (Wildman–Crippen MR) is 71.4 cm³/mol. The van der Waals surface area contributed by atoms with Crippen LogP contribution in [0.5, 0.6) is 0 Å². The van der Waals surface area contributed by atoms with E-state index in [0.717, 1.165) is 24.9 Å². The molecule has 0 aromatic heterocycles. The quantitative estimate of drug-likeness (QED) is 0.730. The van der Waals surface area contributed by atoms with Gasteiger partial charge < -0.3 is 11.1 Å². The fourth-order valence-corrected chi connectivity index (χ4v) is 2.81. The van der Waals surface area contributed by atoms with Gasteiger partial charge in [-0.25, -0.2) is 0 Å². The Labute approximate surface area is 101 Å². The van der Waals surface area contributed by atoms with Crippen molar-refractivity contribution in [3.63, 3.8) is 0 Å². The molecule has 0 aromatic rings. The molecule has 1 rings (SSSR count). The van der Waals surface area contributed by atoms with Gasteiger partial charge >= 0.3 is 0 Å². The van der Waals surface area contributed by atoms with Crippen molar-refractivity contribution in [1.82, 2.24) is 5.32 Å². The highest BCUT2D eigenvalue weighted by atomic mass is 14.9. The van der Waals surface area contributed by atoms with Gasteiger partial charge in [0.2, 0.25) is 0 Å². The van der Waals surface area contributed by atoms with E-state index in [2.05, 4.69) is 26.1 Å². The number of nitrogens with one attached hydrogen (secondary N) is 1. The topological polar surface area (TPSA) is 38.0 Å². The Balaban J connectivity index is 2.14. The highest BCUT2D eigenvalue weighted by Gasteiger charge is 2.19. The summed E-state index contributed by atoms with van der Waals surface area (Å²) in [5.41, 5.74) is 5.77. The molecule has 96 valence electrons. The van der Waals surface area contributed by atoms with Crippen LogP contribution in [0.1, 0.15) is 46.5 Å². The highest BCUT2D eigenvalue weighted by Crippen LogP contribution is 2.27. The van der Waals surface area contributed by atoms with Crippen LogP contribution in [-0.2, 0) is 0 Å².